The van der Waals surface area contributed by atoms with Crippen LogP contribution in [0.15, 0.2) is 61.2 Å². The molecule has 0 aliphatic heterocycles. The Morgan fingerprint density at radius 2 is 0.750 bits per heavy atom. The van der Waals surface area contributed by atoms with Gasteiger partial charge >= 0.3 is 0 Å². The van der Waals surface area contributed by atoms with Crippen LogP contribution in [-0.4, -0.2) is 0 Å². The van der Waals surface area contributed by atoms with Gasteiger partial charge in [-0.25, -0.2) is 0 Å². The van der Waals surface area contributed by atoms with E-state index in [1.807, 2.05) is 70.5 Å². The van der Waals surface area contributed by atoms with Crippen molar-refractivity contribution in [2.24, 2.45) is 0 Å². The van der Waals surface area contributed by atoms with Gasteiger partial charge in [-0.1, -0.05) is 0 Å². The minimum absolute atomic E-state index is 2.00. The van der Waals surface area contributed by atoms with E-state index in [1.54, 1.807) is 0 Å². The van der Waals surface area contributed by atoms with Crippen molar-refractivity contribution in [2.75, 3.05) is 0 Å². The lowest BCUT2D eigenvalue weighted by molar-refractivity contribution is -1.30. The summed E-state index contributed by atoms with van der Waals surface area (Å²) in [6.45, 7) is 0. The molecule has 2 heterocycles. The number of hydrogen-bond donors (Lipinski definition) is 0. The topological polar surface area (TPSA) is 7.76 Å². The largest absolute Gasteiger partial charge is 0.242 e. The van der Waals surface area contributed by atoms with E-state index in [4.69, 9.17) is 0 Å². The first-order valence-corrected chi connectivity index (χ1v) is 3.90. The number of pyridine rings is 2. The quantitative estimate of drug-likeness (QED) is 0.536. The first-order valence-electron chi connectivity index (χ1n) is 3.90. The van der Waals surface area contributed by atoms with Gasteiger partial charge in [0.15, 0.2) is 0 Å². The lowest BCUT2D eigenvalue weighted by atomic mass is 10.5. The standard InChI is InChI=1S/C10H10N2/c1-3-7-11(8-4-1)12-9-5-2-6-10-12/h1-10H/q+2. The van der Waals surface area contributed by atoms with Gasteiger partial charge in [0.05, 0.1) is 9.35 Å². The van der Waals surface area contributed by atoms with Gasteiger partial charge in [0.25, 0.3) is 0 Å². The Bertz CT molecular complexity index is 305. The predicted molar refractivity (Wildman–Crippen MR) is 44.1 cm³/mol. The summed E-state index contributed by atoms with van der Waals surface area (Å²) < 4.78 is 4.00. The molecule has 0 saturated heterocycles. The monoisotopic (exact) mass is 158 g/mol. The highest BCUT2D eigenvalue weighted by Gasteiger charge is 2.06. The predicted octanol–water partition coefficient (Wildman–Crippen LogP) is 0.573. The fourth-order valence-electron chi connectivity index (χ4n) is 1.09. The summed E-state index contributed by atoms with van der Waals surface area (Å²) in [6.07, 6.45) is 8.00. The average Bonchev–Trinajstić information content (AvgIpc) is 2.21. The fourth-order valence-corrected chi connectivity index (χ4v) is 1.09. The highest BCUT2D eigenvalue weighted by molar-refractivity contribution is 4.84. The molecule has 2 rings (SSSR count). The molecule has 0 saturated carbocycles. The van der Waals surface area contributed by atoms with E-state index in [-0.39, 0.29) is 0 Å². The molecule has 0 unspecified atom stereocenters. The zero-order valence-corrected chi connectivity index (χ0v) is 6.67. The number of nitrogens with zero attached hydrogens (tertiary/aromatic N) is 2. The number of aromatic nitrogens is 2. The molecule has 0 aromatic carbocycles. The Kier molecular flexibility index (Phi) is 1.82. The fraction of sp³-hybridized carbons (Fsp3) is 0. The second-order valence-electron chi connectivity index (χ2n) is 2.51. The molecule has 0 radical (unpaired) electrons. The van der Waals surface area contributed by atoms with E-state index in [9.17, 15) is 0 Å². The number of rotatable bonds is 1. The molecule has 2 nitrogen and oxygen atoms in total. The molecule has 58 valence electrons. The third-order valence-corrected chi connectivity index (χ3v) is 1.67. The van der Waals surface area contributed by atoms with Gasteiger partial charge in [0, 0.05) is 24.3 Å². The van der Waals surface area contributed by atoms with Crippen molar-refractivity contribution >= 4 is 0 Å². The van der Waals surface area contributed by atoms with Gasteiger partial charge in [-0.05, 0) is 12.1 Å². The van der Waals surface area contributed by atoms with Crippen molar-refractivity contribution < 1.29 is 9.35 Å². The Morgan fingerprint density at radius 3 is 1.08 bits per heavy atom. The summed E-state index contributed by atoms with van der Waals surface area (Å²) in [5.41, 5.74) is 0. The molecule has 0 aliphatic carbocycles. The van der Waals surface area contributed by atoms with Crippen LogP contribution in [0.25, 0.3) is 0 Å². The molecule has 0 N–H and O–H groups in total. The van der Waals surface area contributed by atoms with Crippen molar-refractivity contribution in [3.8, 4) is 0 Å². The highest BCUT2D eigenvalue weighted by atomic mass is 15.4. The highest BCUT2D eigenvalue weighted by Crippen LogP contribution is 1.76. The van der Waals surface area contributed by atoms with Crippen LogP contribution in [0.3, 0.4) is 0 Å². The smallest absolute Gasteiger partial charge is 0.0499 e. The second kappa shape index (κ2) is 3.13. The summed E-state index contributed by atoms with van der Waals surface area (Å²) in [6, 6.07) is 12.0. The molecule has 2 aromatic heterocycles. The van der Waals surface area contributed by atoms with Gasteiger partial charge in [-0.3, -0.25) is 0 Å². The minimum atomic E-state index is 2.00. The second-order valence-corrected chi connectivity index (χ2v) is 2.51. The molecule has 0 aliphatic rings. The van der Waals surface area contributed by atoms with Crippen LogP contribution in [-0.2, 0) is 0 Å². The molecular formula is C10H10N2+2. The van der Waals surface area contributed by atoms with Crippen molar-refractivity contribution in [3.05, 3.63) is 61.2 Å². The molecule has 0 atom stereocenters. The van der Waals surface area contributed by atoms with Crippen molar-refractivity contribution in [3.63, 3.8) is 0 Å². The van der Waals surface area contributed by atoms with Crippen LogP contribution < -0.4 is 9.35 Å². The molecule has 12 heavy (non-hydrogen) atoms. The molecule has 0 bridgehead atoms. The normalized spacial score (nSPS) is 9.67. The van der Waals surface area contributed by atoms with Crippen molar-refractivity contribution in [2.45, 2.75) is 0 Å². The summed E-state index contributed by atoms with van der Waals surface area (Å²) in [5, 5.41) is 0. The maximum absolute atomic E-state index is 2.00. The van der Waals surface area contributed by atoms with E-state index in [2.05, 4.69) is 0 Å². The average molecular weight is 158 g/mol. The van der Waals surface area contributed by atoms with Crippen molar-refractivity contribution in [1.29, 1.82) is 0 Å². The summed E-state index contributed by atoms with van der Waals surface area (Å²) in [4.78, 5) is 0. The van der Waals surface area contributed by atoms with Crippen LogP contribution in [0.4, 0.5) is 0 Å². The first kappa shape index (κ1) is 6.98. The molecule has 0 amide bonds. The van der Waals surface area contributed by atoms with E-state index in [0.717, 1.165) is 0 Å². The van der Waals surface area contributed by atoms with Crippen molar-refractivity contribution in [1.82, 2.24) is 0 Å². The maximum atomic E-state index is 2.00. The molecule has 0 spiro atoms. The SMILES string of the molecule is c1cc[n+](-[n+]2ccccc2)cc1. The summed E-state index contributed by atoms with van der Waals surface area (Å²) in [7, 11) is 0. The summed E-state index contributed by atoms with van der Waals surface area (Å²) >= 11 is 0. The van der Waals surface area contributed by atoms with Gasteiger partial charge < -0.3 is 0 Å². The number of hydrogen-bond acceptors (Lipinski definition) is 0. The van der Waals surface area contributed by atoms with E-state index in [0.29, 0.717) is 0 Å². The lowest BCUT2D eigenvalue weighted by Gasteiger charge is -1.84. The van der Waals surface area contributed by atoms with Crippen LogP contribution in [0.5, 0.6) is 0 Å². The molecule has 2 heteroatoms. The lowest BCUT2D eigenvalue weighted by Crippen LogP contribution is -2.65. The Labute approximate surface area is 71.3 Å². The summed E-state index contributed by atoms with van der Waals surface area (Å²) in [5.74, 6) is 0. The maximum Gasteiger partial charge on any atom is 0.242 e. The Balaban J connectivity index is 2.46. The van der Waals surface area contributed by atoms with E-state index < -0.39 is 0 Å². The van der Waals surface area contributed by atoms with Crippen LogP contribution in [0.1, 0.15) is 0 Å². The van der Waals surface area contributed by atoms with Gasteiger partial charge in [-0.2, -0.15) is 0 Å². The minimum Gasteiger partial charge on any atom is -0.0499 e. The molecule has 2 aromatic rings. The zero-order chi connectivity index (χ0) is 8.23. The first-order chi connectivity index (χ1) is 5.97. The third-order valence-electron chi connectivity index (χ3n) is 1.67. The van der Waals surface area contributed by atoms with Gasteiger partial charge in [0.2, 0.25) is 24.8 Å². The van der Waals surface area contributed by atoms with E-state index >= 15 is 0 Å². The van der Waals surface area contributed by atoms with E-state index in [1.165, 1.54) is 0 Å². The Hall–Kier alpha value is -1.70. The molecular weight excluding hydrogens is 148 g/mol. The third kappa shape index (κ3) is 1.32. The van der Waals surface area contributed by atoms with Crippen LogP contribution >= 0.6 is 0 Å². The van der Waals surface area contributed by atoms with Crippen LogP contribution in [0.2, 0.25) is 0 Å². The zero-order valence-electron chi connectivity index (χ0n) is 6.67. The molecule has 0 fully saturated rings. The Morgan fingerprint density at radius 1 is 0.417 bits per heavy atom. The van der Waals surface area contributed by atoms with Crippen LogP contribution in [0, 0.1) is 0 Å². The van der Waals surface area contributed by atoms with Gasteiger partial charge in [-0.15, -0.1) is 0 Å². The van der Waals surface area contributed by atoms with Gasteiger partial charge in [0.1, 0.15) is 0 Å².